The summed E-state index contributed by atoms with van der Waals surface area (Å²) in [6.07, 6.45) is 4.94. The van der Waals surface area contributed by atoms with E-state index in [0.717, 1.165) is 6.42 Å². The largest absolute Gasteiger partial charge is 0.328 e. The molecule has 0 radical (unpaired) electrons. The fourth-order valence-electron chi connectivity index (χ4n) is 1.97. The first-order chi connectivity index (χ1) is 5.47. The predicted molar refractivity (Wildman–Crippen MR) is 53.1 cm³/mol. The van der Waals surface area contributed by atoms with Gasteiger partial charge >= 0.3 is 0 Å². The van der Waals surface area contributed by atoms with E-state index in [-0.39, 0.29) is 5.54 Å². The number of nitrogens with two attached hydrogens (primary N) is 1. The van der Waals surface area contributed by atoms with E-state index < -0.39 is 0 Å². The third kappa shape index (κ3) is 3.55. The molecular weight excluding hydrogens is 148 g/mol. The molecule has 0 heterocycles. The molecule has 1 rings (SSSR count). The molecule has 1 aliphatic rings. The Labute approximate surface area is 75.9 Å². The van der Waals surface area contributed by atoms with Crippen LogP contribution in [0.1, 0.15) is 46.5 Å². The molecule has 2 nitrogen and oxygen atoms in total. The van der Waals surface area contributed by atoms with Crippen molar-refractivity contribution in [3.8, 4) is 0 Å². The number of hydrogen-bond donors (Lipinski definition) is 2. The molecule has 1 fully saturated rings. The standard InChI is InChI=1S/C10H22N2/c1-10(2,3)12-9-6-4-5-8(11)7-9/h8-9,12H,4-7,11H2,1-3H3. The Bertz CT molecular complexity index is 137. The predicted octanol–water partition coefficient (Wildman–Crippen LogP) is 1.64. The van der Waals surface area contributed by atoms with Crippen LogP contribution in [0.3, 0.4) is 0 Å². The van der Waals surface area contributed by atoms with Gasteiger partial charge in [-0.3, -0.25) is 0 Å². The maximum Gasteiger partial charge on any atom is 0.00991 e. The van der Waals surface area contributed by atoms with Crippen LogP contribution in [0.2, 0.25) is 0 Å². The molecular formula is C10H22N2. The van der Waals surface area contributed by atoms with Crippen LogP contribution in [0, 0.1) is 0 Å². The van der Waals surface area contributed by atoms with E-state index in [1.165, 1.54) is 19.3 Å². The van der Waals surface area contributed by atoms with Crippen LogP contribution in [0.4, 0.5) is 0 Å². The molecule has 0 saturated heterocycles. The third-order valence-corrected chi connectivity index (χ3v) is 2.35. The molecule has 0 aromatic heterocycles. The van der Waals surface area contributed by atoms with Crippen molar-refractivity contribution in [2.24, 2.45) is 5.73 Å². The summed E-state index contributed by atoms with van der Waals surface area (Å²) in [5.74, 6) is 0. The van der Waals surface area contributed by atoms with Crippen LogP contribution < -0.4 is 11.1 Å². The van der Waals surface area contributed by atoms with Gasteiger partial charge in [0.15, 0.2) is 0 Å². The van der Waals surface area contributed by atoms with Gasteiger partial charge in [0.25, 0.3) is 0 Å². The molecule has 3 N–H and O–H groups in total. The van der Waals surface area contributed by atoms with Gasteiger partial charge in [0.1, 0.15) is 0 Å². The lowest BCUT2D eigenvalue weighted by molar-refractivity contribution is 0.277. The van der Waals surface area contributed by atoms with Gasteiger partial charge in [-0.2, -0.15) is 0 Å². The molecule has 2 heteroatoms. The normalized spacial score (nSPS) is 32.0. The maximum absolute atomic E-state index is 5.90. The highest BCUT2D eigenvalue weighted by atomic mass is 15.0. The zero-order valence-corrected chi connectivity index (χ0v) is 8.56. The average Bonchev–Trinajstić information content (AvgIpc) is 1.82. The van der Waals surface area contributed by atoms with Gasteiger partial charge in [-0.15, -0.1) is 0 Å². The van der Waals surface area contributed by atoms with Crippen LogP contribution in [0.25, 0.3) is 0 Å². The lowest BCUT2D eigenvalue weighted by atomic mass is 9.90. The van der Waals surface area contributed by atoms with Gasteiger partial charge in [-0.05, 0) is 40.0 Å². The summed E-state index contributed by atoms with van der Waals surface area (Å²) in [4.78, 5) is 0. The van der Waals surface area contributed by atoms with Gasteiger partial charge in [0.05, 0.1) is 0 Å². The smallest absolute Gasteiger partial charge is 0.00991 e. The SMILES string of the molecule is CC(C)(C)NC1CCCC(N)C1. The zero-order valence-electron chi connectivity index (χ0n) is 8.56. The lowest BCUT2D eigenvalue weighted by Crippen LogP contribution is -2.47. The molecule has 0 aromatic carbocycles. The first-order valence-corrected chi connectivity index (χ1v) is 5.01. The second-order valence-corrected chi connectivity index (χ2v) is 5.02. The fourth-order valence-corrected chi connectivity index (χ4v) is 1.97. The topological polar surface area (TPSA) is 38.0 Å². The van der Waals surface area contributed by atoms with E-state index in [1.807, 2.05) is 0 Å². The minimum atomic E-state index is 0.238. The first kappa shape index (κ1) is 10.0. The maximum atomic E-state index is 5.90. The van der Waals surface area contributed by atoms with Gasteiger partial charge in [0, 0.05) is 17.6 Å². The van der Waals surface area contributed by atoms with Crippen LogP contribution in [-0.4, -0.2) is 17.6 Å². The van der Waals surface area contributed by atoms with Crippen molar-refractivity contribution in [2.45, 2.75) is 64.1 Å². The van der Waals surface area contributed by atoms with E-state index in [0.29, 0.717) is 12.1 Å². The second kappa shape index (κ2) is 3.75. The summed E-state index contributed by atoms with van der Waals surface area (Å²) in [7, 11) is 0. The van der Waals surface area contributed by atoms with Crippen LogP contribution >= 0.6 is 0 Å². The van der Waals surface area contributed by atoms with Crippen LogP contribution in [0.15, 0.2) is 0 Å². The minimum absolute atomic E-state index is 0.238. The first-order valence-electron chi connectivity index (χ1n) is 5.01. The molecule has 0 amide bonds. The molecule has 1 saturated carbocycles. The summed E-state index contributed by atoms with van der Waals surface area (Å²) < 4.78 is 0. The molecule has 12 heavy (non-hydrogen) atoms. The third-order valence-electron chi connectivity index (χ3n) is 2.35. The minimum Gasteiger partial charge on any atom is -0.328 e. The molecule has 72 valence electrons. The highest BCUT2D eigenvalue weighted by Crippen LogP contribution is 2.18. The van der Waals surface area contributed by atoms with Crippen molar-refractivity contribution >= 4 is 0 Å². The monoisotopic (exact) mass is 170 g/mol. The Morgan fingerprint density at radius 1 is 1.25 bits per heavy atom. The van der Waals surface area contributed by atoms with Crippen LogP contribution in [0.5, 0.6) is 0 Å². The average molecular weight is 170 g/mol. The Morgan fingerprint density at radius 3 is 2.42 bits per heavy atom. The molecule has 2 atom stereocenters. The van der Waals surface area contributed by atoms with E-state index in [1.54, 1.807) is 0 Å². The van der Waals surface area contributed by atoms with E-state index in [9.17, 15) is 0 Å². The fraction of sp³-hybridized carbons (Fsp3) is 1.00. The van der Waals surface area contributed by atoms with Crippen molar-refractivity contribution in [3.63, 3.8) is 0 Å². The Balaban J connectivity index is 2.32. The van der Waals surface area contributed by atoms with Crippen molar-refractivity contribution in [2.75, 3.05) is 0 Å². The quantitative estimate of drug-likeness (QED) is 0.628. The molecule has 0 aliphatic heterocycles. The van der Waals surface area contributed by atoms with Gasteiger partial charge in [-0.25, -0.2) is 0 Å². The van der Waals surface area contributed by atoms with E-state index in [4.69, 9.17) is 5.73 Å². The molecule has 0 spiro atoms. The van der Waals surface area contributed by atoms with Gasteiger partial charge in [-0.1, -0.05) is 6.42 Å². The highest BCUT2D eigenvalue weighted by molar-refractivity contribution is 4.84. The Kier molecular flexibility index (Phi) is 3.13. The molecule has 0 bridgehead atoms. The van der Waals surface area contributed by atoms with Gasteiger partial charge in [0.2, 0.25) is 0 Å². The summed E-state index contributed by atoms with van der Waals surface area (Å²) in [5.41, 5.74) is 6.14. The Hall–Kier alpha value is -0.0800. The lowest BCUT2D eigenvalue weighted by Gasteiger charge is -2.33. The van der Waals surface area contributed by atoms with Gasteiger partial charge < -0.3 is 11.1 Å². The summed E-state index contributed by atoms with van der Waals surface area (Å²) in [6, 6.07) is 1.08. The molecule has 2 unspecified atom stereocenters. The van der Waals surface area contributed by atoms with E-state index in [2.05, 4.69) is 26.1 Å². The summed E-state index contributed by atoms with van der Waals surface area (Å²) in [5, 5.41) is 3.61. The highest BCUT2D eigenvalue weighted by Gasteiger charge is 2.22. The number of nitrogens with one attached hydrogen (secondary N) is 1. The molecule has 0 aromatic rings. The van der Waals surface area contributed by atoms with Crippen molar-refractivity contribution in [3.05, 3.63) is 0 Å². The van der Waals surface area contributed by atoms with Crippen molar-refractivity contribution in [1.29, 1.82) is 0 Å². The van der Waals surface area contributed by atoms with Crippen molar-refractivity contribution in [1.82, 2.24) is 5.32 Å². The van der Waals surface area contributed by atoms with E-state index >= 15 is 0 Å². The van der Waals surface area contributed by atoms with Crippen molar-refractivity contribution < 1.29 is 0 Å². The Morgan fingerprint density at radius 2 is 1.92 bits per heavy atom. The number of rotatable bonds is 1. The molecule has 1 aliphatic carbocycles. The zero-order chi connectivity index (χ0) is 9.19. The van der Waals surface area contributed by atoms with Crippen LogP contribution in [-0.2, 0) is 0 Å². The summed E-state index contributed by atoms with van der Waals surface area (Å²) >= 11 is 0. The summed E-state index contributed by atoms with van der Waals surface area (Å²) in [6.45, 7) is 6.65. The second-order valence-electron chi connectivity index (χ2n) is 5.02. The number of hydrogen-bond acceptors (Lipinski definition) is 2.